The van der Waals surface area contributed by atoms with Gasteiger partial charge in [0.1, 0.15) is 0 Å². The molecule has 0 saturated carbocycles. The van der Waals surface area contributed by atoms with Crippen LogP contribution in [0.4, 0.5) is 5.69 Å². The quantitative estimate of drug-likeness (QED) is 0.400. The van der Waals surface area contributed by atoms with E-state index < -0.39 is 0 Å². The Morgan fingerprint density at radius 3 is 2.67 bits per heavy atom. The standard InChI is InChI=1S/C23H21ClN2O4/c1-2-29-23(28)14-9-16-7-10-17(11-8-16)26-21(27)12-13-22-25-15-20(30-22)18-5-3-4-6-19(18)24/h3-11,14-15H,2,12-13H2,1H3,(H,26,27)/b14-9+. The minimum absolute atomic E-state index is 0.151. The number of rotatable bonds is 8. The van der Waals surface area contributed by atoms with Gasteiger partial charge in [-0.15, -0.1) is 0 Å². The number of carbonyl (C=O) groups is 2. The summed E-state index contributed by atoms with van der Waals surface area (Å²) < 4.78 is 10.5. The summed E-state index contributed by atoms with van der Waals surface area (Å²) in [7, 11) is 0. The van der Waals surface area contributed by atoms with Crippen molar-refractivity contribution in [2.75, 3.05) is 11.9 Å². The lowest BCUT2D eigenvalue weighted by Gasteiger charge is -2.05. The second-order valence-corrected chi connectivity index (χ2v) is 6.76. The van der Waals surface area contributed by atoms with Gasteiger partial charge in [0, 0.05) is 30.2 Å². The van der Waals surface area contributed by atoms with E-state index in [1.807, 2.05) is 18.2 Å². The highest BCUT2D eigenvalue weighted by Gasteiger charge is 2.11. The zero-order valence-electron chi connectivity index (χ0n) is 16.4. The Kier molecular flexibility index (Phi) is 7.40. The fraction of sp³-hybridized carbons (Fsp3) is 0.174. The summed E-state index contributed by atoms with van der Waals surface area (Å²) >= 11 is 6.17. The van der Waals surface area contributed by atoms with Crippen molar-refractivity contribution in [1.82, 2.24) is 4.98 Å². The predicted octanol–water partition coefficient (Wildman–Crippen LogP) is 5.14. The number of anilines is 1. The van der Waals surface area contributed by atoms with Crippen LogP contribution < -0.4 is 5.32 Å². The number of hydrogen-bond acceptors (Lipinski definition) is 5. The van der Waals surface area contributed by atoms with Gasteiger partial charge in [-0.3, -0.25) is 4.79 Å². The summed E-state index contributed by atoms with van der Waals surface area (Å²) in [5.74, 6) is 0.503. The zero-order valence-corrected chi connectivity index (χ0v) is 17.2. The number of carbonyl (C=O) groups excluding carboxylic acids is 2. The smallest absolute Gasteiger partial charge is 0.330 e. The summed E-state index contributed by atoms with van der Waals surface area (Å²) in [5, 5.41) is 3.41. The fourth-order valence-corrected chi connectivity index (χ4v) is 2.92. The van der Waals surface area contributed by atoms with Crippen LogP contribution in [-0.2, 0) is 20.7 Å². The number of ether oxygens (including phenoxy) is 1. The van der Waals surface area contributed by atoms with E-state index in [1.54, 1.807) is 49.5 Å². The summed E-state index contributed by atoms with van der Waals surface area (Å²) in [4.78, 5) is 27.8. The molecule has 0 aliphatic rings. The Morgan fingerprint density at radius 2 is 1.93 bits per heavy atom. The second-order valence-electron chi connectivity index (χ2n) is 6.35. The van der Waals surface area contributed by atoms with Crippen molar-refractivity contribution in [2.24, 2.45) is 0 Å². The Morgan fingerprint density at radius 1 is 1.17 bits per heavy atom. The van der Waals surface area contributed by atoms with Gasteiger partial charge in [-0.2, -0.15) is 0 Å². The number of benzene rings is 2. The summed E-state index contributed by atoms with van der Waals surface area (Å²) in [6.45, 7) is 2.09. The number of oxazole rings is 1. The molecule has 30 heavy (non-hydrogen) atoms. The summed E-state index contributed by atoms with van der Waals surface area (Å²) in [5.41, 5.74) is 2.25. The SMILES string of the molecule is CCOC(=O)/C=C/c1ccc(NC(=O)CCc2ncc(-c3ccccc3Cl)o2)cc1. The molecule has 1 heterocycles. The highest BCUT2D eigenvalue weighted by molar-refractivity contribution is 6.33. The third kappa shape index (κ3) is 6.06. The predicted molar refractivity (Wildman–Crippen MR) is 116 cm³/mol. The lowest BCUT2D eigenvalue weighted by molar-refractivity contribution is -0.137. The normalized spacial score (nSPS) is 10.9. The van der Waals surface area contributed by atoms with Gasteiger partial charge in [0.25, 0.3) is 0 Å². The first kappa shape index (κ1) is 21.3. The van der Waals surface area contributed by atoms with Crippen molar-refractivity contribution in [3.05, 3.63) is 77.3 Å². The van der Waals surface area contributed by atoms with Crippen LogP contribution in [0.3, 0.4) is 0 Å². The largest absolute Gasteiger partial charge is 0.463 e. The molecule has 0 radical (unpaired) electrons. The molecule has 154 valence electrons. The van der Waals surface area contributed by atoms with Crippen LogP contribution in [-0.4, -0.2) is 23.5 Å². The molecule has 0 fully saturated rings. The molecule has 1 N–H and O–H groups in total. The monoisotopic (exact) mass is 424 g/mol. The average Bonchev–Trinajstić information content (AvgIpc) is 3.21. The third-order valence-electron chi connectivity index (χ3n) is 4.15. The highest BCUT2D eigenvalue weighted by atomic mass is 35.5. The number of aromatic nitrogens is 1. The van der Waals surface area contributed by atoms with Gasteiger partial charge in [-0.1, -0.05) is 35.9 Å². The van der Waals surface area contributed by atoms with Crippen LogP contribution in [0.1, 0.15) is 24.8 Å². The summed E-state index contributed by atoms with van der Waals surface area (Å²) in [6, 6.07) is 14.5. The summed E-state index contributed by atoms with van der Waals surface area (Å²) in [6.07, 6.45) is 5.23. The van der Waals surface area contributed by atoms with Gasteiger partial charge in [-0.05, 0) is 42.8 Å². The van der Waals surface area contributed by atoms with Crippen molar-refractivity contribution in [2.45, 2.75) is 19.8 Å². The maximum atomic E-state index is 12.2. The Labute approximate surface area is 179 Å². The van der Waals surface area contributed by atoms with Gasteiger partial charge in [0.2, 0.25) is 5.91 Å². The van der Waals surface area contributed by atoms with Crippen LogP contribution in [0.25, 0.3) is 17.4 Å². The van der Waals surface area contributed by atoms with E-state index >= 15 is 0 Å². The molecule has 0 atom stereocenters. The van der Waals surface area contributed by atoms with Gasteiger partial charge in [-0.25, -0.2) is 9.78 Å². The van der Waals surface area contributed by atoms with Crippen molar-refractivity contribution in [1.29, 1.82) is 0 Å². The first-order valence-corrected chi connectivity index (χ1v) is 9.87. The van der Waals surface area contributed by atoms with Gasteiger partial charge in [0.15, 0.2) is 11.7 Å². The Hall–Kier alpha value is -3.38. The minimum atomic E-state index is -0.390. The first-order chi connectivity index (χ1) is 14.5. The van der Waals surface area contributed by atoms with Crippen molar-refractivity contribution in [3.63, 3.8) is 0 Å². The van der Waals surface area contributed by atoms with Crippen LogP contribution in [0.5, 0.6) is 0 Å². The van der Waals surface area contributed by atoms with Crippen molar-refractivity contribution < 1.29 is 18.7 Å². The van der Waals surface area contributed by atoms with Crippen LogP contribution in [0.2, 0.25) is 5.02 Å². The molecule has 0 aliphatic carbocycles. The van der Waals surface area contributed by atoms with E-state index in [2.05, 4.69) is 10.3 Å². The van der Waals surface area contributed by atoms with E-state index in [1.165, 1.54) is 6.08 Å². The Balaban J connectivity index is 1.50. The number of nitrogens with one attached hydrogen (secondary N) is 1. The van der Waals surface area contributed by atoms with E-state index in [0.717, 1.165) is 11.1 Å². The molecule has 0 unspecified atom stereocenters. The molecular formula is C23H21ClN2O4. The van der Waals surface area contributed by atoms with Gasteiger partial charge >= 0.3 is 5.97 Å². The second kappa shape index (κ2) is 10.4. The van der Waals surface area contributed by atoms with E-state index in [9.17, 15) is 9.59 Å². The minimum Gasteiger partial charge on any atom is -0.463 e. The topological polar surface area (TPSA) is 81.4 Å². The molecule has 1 amide bonds. The molecule has 3 rings (SSSR count). The zero-order chi connectivity index (χ0) is 21.3. The molecule has 1 aromatic heterocycles. The van der Waals surface area contributed by atoms with Crippen molar-refractivity contribution in [3.8, 4) is 11.3 Å². The van der Waals surface area contributed by atoms with Crippen LogP contribution >= 0.6 is 11.6 Å². The molecule has 2 aromatic carbocycles. The highest BCUT2D eigenvalue weighted by Crippen LogP contribution is 2.28. The van der Waals surface area contributed by atoms with Crippen LogP contribution in [0, 0.1) is 0 Å². The molecule has 3 aromatic rings. The molecule has 0 saturated heterocycles. The molecule has 0 aliphatic heterocycles. The first-order valence-electron chi connectivity index (χ1n) is 9.49. The molecule has 0 spiro atoms. The molecule has 7 heteroatoms. The van der Waals surface area contributed by atoms with E-state index in [0.29, 0.717) is 35.4 Å². The van der Waals surface area contributed by atoms with Gasteiger partial charge in [0.05, 0.1) is 17.8 Å². The Bertz CT molecular complexity index is 1040. The number of amides is 1. The van der Waals surface area contributed by atoms with E-state index in [-0.39, 0.29) is 18.3 Å². The number of esters is 1. The maximum Gasteiger partial charge on any atom is 0.330 e. The number of aryl methyl sites for hydroxylation is 1. The third-order valence-corrected chi connectivity index (χ3v) is 4.48. The molecule has 6 nitrogen and oxygen atoms in total. The fourth-order valence-electron chi connectivity index (χ4n) is 2.69. The molecule has 0 bridgehead atoms. The average molecular weight is 425 g/mol. The van der Waals surface area contributed by atoms with E-state index in [4.69, 9.17) is 20.8 Å². The lowest BCUT2D eigenvalue weighted by Crippen LogP contribution is -2.12. The van der Waals surface area contributed by atoms with Crippen molar-refractivity contribution >= 4 is 35.2 Å². The van der Waals surface area contributed by atoms with Crippen LogP contribution in [0.15, 0.2) is 65.2 Å². The lowest BCUT2D eigenvalue weighted by atomic mass is 10.2. The molecular weight excluding hydrogens is 404 g/mol. The number of nitrogens with zero attached hydrogens (tertiary/aromatic N) is 1. The number of halogens is 1. The number of hydrogen-bond donors (Lipinski definition) is 1. The maximum absolute atomic E-state index is 12.2. The van der Waals surface area contributed by atoms with Gasteiger partial charge < -0.3 is 14.5 Å².